The third-order valence-electron chi connectivity index (χ3n) is 4.99. The number of benzene rings is 1. The highest BCUT2D eigenvalue weighted by Gasteiger charge is 2.21. The van der Waals surface area contributed by atoms with Crippen LogP contribution in [0.4, 0.5) is 5.82 Å². The molecule has 0 radical (unpaired) electrons. The Morgan fingerprint density at radius 1 is 1.06 bits per heavy atom. The first-order valence-corrected chi connectivity index (χ1v) is 10.3. The summed E-state index contributed by atoms with van der Waals surface area (Å²) in [5.74, 6) is 0.655. The molecule has 2 N–H and O–H groups in total. The van der Waals surface area contributed by atoms with E-state index < -0.39 is 5.56 Å². The van der Waals surface area contributed by atoms with Crippen molar-refractivity contribution in [1.82, 2.24) is 29.3 Å². The zero-order valence-electron chi connectivity index (χ0n) is 18.1. The number of hydrogen-bond donors (Lipinski definition) is 1. The van der Waals surface area contributed by atoms with Gasteiger partial charge in [0.15, 0.2) is 11.6 Å². The fraction of sp³-hybridized carbons (Fsp3) is 0.190. The summed E-state index contributed by atoms with van der Waals surface area (Å²) in [6, 6.07) is 3.07. The minimum Gasteiger partial charge on any atom is -0.497 e. The highest BCUT2D eigenvalue weighted by molar-refractivity contribution is 6.35. The van der Waals surface area contributed by atoms with Gasteiger partial charge in [-0.25, -0.2) is 15.0 Å². The van der Waals surface area contributed by atoms with Crippen LogP contribution >= 0.6 is 23.5 Å². The number of rotatable bonds is 5. The van der Waals surface area contributed by atoms with Gasteiger partial charge in [-0.05, 0) is 13.0 Å². The maximum atomic E-state index is 13.0. The van der Waals surface area contributed by atoms with Gasteiger partial charge < -0.3 is 19.3 Å². The third-order valence-corrected chi connectivity index (χ3v) is 5.55. The molecule has 1 aromatic carbocycles. The van der Waals surface area contributed by atoms with Gasteiger partial charge in [-0.1, -0.05) is 11.6 Å². The summed E-state index contributed by atoms with van der Waals surface area (Å²) >= 11 is 12.0. The predicted molar refractivity (Wildman–Crippen MR) is 125 cm³/mol. The standard InChI is InChI=1S/C21H19Cl2N7O3/c1-10-13(8-30(3)28-10)14-7-25-20(24)19(26-14)15-9-29(2)21(31)18(27-15)12-5-11(32-4)6-16(33-23)17(12)22/h5-9H,1-4H3,(H2,24,25). The molecule has 0 saturated heterocycles. The molecule has 4 rings (SSSR count). The summed E-state index contributed by atoms with van der Waals surface area (Å²) in [5, 5.41) is 4.44. The van der Waals surface area contributed by atoms with Crippen LogP contribution in [-0.4, -0.2) is 36.4 Å². The van der Waals surface area contributed by atoms with Gasteiger partial charge in [-0.2, -0.15) is 5.10 Å². The highest BCUT2D eigenvalue weighted by atomic mass is 35.5. The number of nitrogen functional groups attached to an aromatic ring is 1. The number of aryl methyl sites for hydroxylation is 3. The minimum absolute atomic E-state index is 0.0398. The Hall–Kier alpha value is -3.63. The van der Waals surface area contributed by atoms with Crippen LogP contribution in [0.15, 0.2) is 35.5 Å². The molecule has 0 spiro atoms. The van der Waals surface area contributed by atoms with Crippen LogP contribution in [0.25, 0.3) is 33.9 Å². The molecule has 3 heterocycles. The van der Waals surface area contributed by atoms with Crippen molar-refractivity contribution in [2.45, 2.75) is 6.92 Å². The summed E-state index contributed by atoms with van der Waals surface area (Å²) in [5.41, 5.74) is 8.84. The van der Waals surface area contributed by atoms with Crippen LogP contribution in [0.5, 0.6) is 11.5 Å². The molecule has 3 aromatic heterocycles. The topological polar surface area (TPSA) is 123 Å². The first-order valence-electron chi connectivity index (χ1n) is 9.61. The largest absolute Gasteiger partial charge is 0.497 e. The number of anilines is 1. The van der Waals surface area contributed by atoms with Gasteiger partial charge >= 0.3 is 0 Å². The molecule has 0 unspecified atom stereocenters. The maximum Gasteiger partial charge on any atom is 0.276 e. The first-order chi connectivity index (χ1) is 15.7. The summed E-state index contributed by atoms with van der Waals surface area (Å²) in [4.78, 5) is 26.4. The molecule has 0 saturated carbocycles. The summed E-state index contributed by atoms with van der Waals surface area (Å²) in [6.45, 7) is 1.87. The molecule has 12 heteroatoms. The van der Waals surface area contributed by atoms with Crippen molar-refractivity contribution in [3.63, 3.8) is 0 Å². The van der Waals surface area contributed by atoms with Gasteiger partial charge in [0.25, 0.3) is 5.56 Å². The Bertz CT molecular complexity index is 1430. The number of nitrogens with zero attached hydrogens (tertiary/aromatic N) is 6. The third kappa shape index (κ3) is 4.10. The monoisotopic (exact) mass is 487 g/mol. The molecule has 0 aliphatic rings. The van der Waals surface area contributed by atoms with Gasteiger partial charge in [0.2, 0.25) is 0 Å². The number of halogens is 2. The second-order valence-electron chi connectivity index (χ2n) is 7.25. The van der Waals surface area contributed by atoms with Crippen molar-refractivity contribution >= 4 is 29.3 Å². The molecule has 33 heavy (non-hydrogen) atoms. The first kappa shape index (κ1) is 22.6. The lowest BCUT2D eigenvalue weighted by Crippen LogP contribution is -2.21. The average molecular weight is 488 g/mol. The average Bonchev–Trinajstić information content (AvgIpc) is 3.14. The number of methoxy groups -OCH3 is 1. The Morgan fingerprint density at radius 3 is 2.42 bits per heavy atom. The summed E-state index contributed by atoms with van der Waals surface area (Å²) < 4.78 is 13.1. The smallest absolute Gasteiger partial charge is 0.276 e. The lowest BCUT2D eigenvalue weighted by molar-refractivity contribution is 0.413. The second kappa shape index (κ2) is 8.72. The fourth-order valence-corrected chi connectivity index (χ4v) is 3.78. The van der Waals surface area contributed by atoms with Crippen LogP contribution in [0.3, 0.4) is 0 Å². The van der Waals surface area contributed by atoms with Crippen molar-refractivity contribution in [2.24, 2.45) is 14.1 Å². The molecule has 0 atom stereocenters. The maximum absolute atomic E-state index is 13.0. The van der Waals surface area contributed by atoms with E-state index in [9.17, 15) is 4.79 Å². The highest BCUT2D eigenvalue weighted by Crippen LogP contribution is 2.38. The number of hydrogen-bond acceptors (Lipinski definition) is 8. The molecule has 0 amide bonds. The van der Waals surface area contributed by atoms with Crippen molar-refractivity contribution in [3.05, 3.63) is 51.8 Å². The minimum atomic E-state index is -0.403. The van der Waals surface area contributed by atoms with Crippen molar-refractivity contribution < 1.29 is 9.03 Å². The SMILES string of the molecule is COc1cc(OCl)c(Cl)c(-c2nc(-c3nc(-c4cn(C)nc4C)cnc3N)cn(C)c2=O)c1. The molecular formula is C21H19Cl2N7O3. The van der Waals surface area contributed by atoms with Crippen LogP contribution in [0.2, 0.25) is 5.02 Å². The summed E-state index contributed by atoms with van der Waals surface area (Å²) in [7, 11) is 4.87. The van der Waals surface area contributed by atoms with Gasteiger partial charge in [-0.3, -0.25) is 9.48 Å². The van der Waals surface area contributed by atoms with Gasteiger partial charge in [0.05, 0.1) is 29.7 Å². The van der Waals surface area contributed by atoms with Crippen LogP contribution in [0, 0.1) is 6.92 Å². The van der Waals surface area contributed by atoms with E-state index in [1.54, 1.807) is 24.0 Å². The van der Waals surface area contributed by atoms with E-state index in [2.05, 4.69) is 20.1 Å². The zero-order chi connectivity index (χ0) is 23.9. The van der Waals surface area contributed by atoms with Crippen LogP contribution in [-0.2, 0) is 14.1 Å². The van der Waals surface area contributed by atoms with Crippen molar-refractivity contribution in [1.29, 1.82) is 0 Å². The summed E-state index contributed by atoms with van der Waals surface area (Å²) in [6.07, 6.45) is 4.93. The van der Waals surface area contributed by atoms with E-state index in [1.165, 1.54) is 23.9 Å². The molecule has 0 bridgehead atoms. The number of nitrogens with two attached hydrogens (primary N) is 1. The Balaban J connectivity index is 1.94. The second-order valence-corrected chi connectivity index (χ2v) is 7.78. The zero-order valence-corrected chi connectivity index (χ0v) is 19.6. The quantitative estimate of drug-likeness (QED) is 0.454. The normalized spacial score (nSPS) is 11.0. The van der Waals surface area contributed by atoms with Crippen LogP contribution < -0.4 is 20.3 Å². The Morgan fingerprint density at radius 2 is 1.79 bits per heavy atom. The van der Waals surface area contributed by atoms with E-state index in [4.69, 9.17) is 38.2 Å². The lowest BCUT2D eigenvalue weighted by atomic mass is 10.1. The van der Waals surface area contributed by atoms with E-state index in [1.807, 2.05) is 20.2 Å². The number of aromatic nitrogens is 6. The fourth-order valence-electron chi connectivity index (χ4n) is 3.38. The molecule has 0 aliphatic carbocycles. The van der Waals surface area contributed by atoms with E-state index in [-0.39, 0.29) is 27.8 Å². The molecule has 0 fully saturated rings. The predicted octanol–water partition coefficient (Wildman–Crippen LogP) is 3.39. The van der Waals surface area contributed by atoms with Crippen molar-refractivity contribution in [3.8, 4) is 45.4 Å². The molecule has 0 aliphatic heterocycles. The van der Waals surface area contributed by atoms with Crippen LogP contribution in [0.1, 0.15) is 5.69 Å². The van der Waals surface area contributed by atoms with Gasteiger partial charge in [0, 0.05) is 43.7 Å². The lowest BCUT2D eigenvalue weighted by Gasteiger charge is -2.13. The van der Waals surface area contributed by atoms with E-state index in [0.717, 1.165) is 11.3 Å². The Labute approximate surface area is 198 Å². The Kier molecular flexibility index (Phi) is 5.96. The molecular weight excluding hydrogens is 469 g/mol. The van der Waals surface area contributed by atoms with Gasteiger partial charge in [0.1, 0.15) is 34.7 Å². The van der Waals surface area contributed by atoms with Crippen molar-refractivity contribution in [2.75, 3.05) is 12.8 Å². The van der Waals surface area contributed by atoms with E-state index in [0.29, 0.717) is 22.8 Å². The van der Waals surface area contributed by atoms with E-state index >= 15 is 0 Å². The molecule has 170 valence electrons. The molecule has 4 aromatic rings. The molecule has 10 nitrogen and oxygen atoms in total. The number of ether oxygens (including phenoxy) is 1. The van der Waals surface area contributed by atoms with Gasteiger partial charge in [-0.15, -0.1) is 0 Å².